The maximum absolute atomic E-state index is 11.3. The number of hydrogen-bond donors (Lipinski definition) is 2. The van der Waals surface area contributed by atoms with Gasteiger partial charge < -0.3 is 15.2 Å². The normalized spacial score (nSPS) is 19.7. The highest BCUT2D eigenvalue weighted by molar-refractivity contribution is 7.90. The van der Waals surface area contributed by atoms with E-state index >= 15 is 0 Å². The SMILES string of the molecule is CS(=O)(=O)CCOc1cccc2c1cnn2-c1ccnc(NC2CCC(O)CC2)n1. The molecule has 9 nitrogen and oxygen atoms in total. The van der Waals surface area contributed by atoms with Crippen molar-refractivity contribution in [1.29, 1.82) is 0 Å². The molecule has 0 amide bonds. The molecule has 1 aliphatic rings. The summed E-state index contributed by atoms with van der Waals surface area (Å²) in [5.41, 5.74) is 0.803. The van der Waals surface area contributed by atoms with Crippen LogP contribution in [0.3, 0.4) is 0 Å². The molecule has 2 heterocycles. The summed E-state index contributed by atoms with van der Waals surface area (Å²) in [4.78, 5) is 8.91. The topological polar surface area (TPSA) is 119 Å². The van der Waals surface area contributed by atoms with E-state index in [2.05, 4.69) is 20.4 Å². The number of ether oxygens (including phenoxy) is 1. The number of anilines is 1. The van der Waals surface area contributed by atoms with Crippen LogP contribution in [0.15, 0.2) is 36.7 Å². The summed E-state index contributed by atoms with van der Waals surface area (Å²) in [6.07, 6.45) is 7.67. The van der Waals surface area contributed by atoms with Crippen LogP contribution in [0.25, 0.3) is 16.7 Å². The Hall–Kier alpha value is -2.72. The molecular weight excluding hydrogens is 406 g/mol. The molecule has 1 saturated carbocycles. The Labute approximate surface area is 175 Å². The molecule has 0 spiro atoms. The van der Waals surface area contributed by atoms with Crippen LogP contribution in [0.2, 0.25) is 0 Å². The third kappa shape index (κ3) is 4.88. The Morgan fingerprint density at radius 3 is 2.80 bits per heavy atom. The molecule has 3 aromatic rings. The molecular formula is C20H25N5O4S. The zero-order valence-corrected chi connectivity index (χ0v) is 17.5. The summed E-state index contributed by atoms with van der Waals surface area (Å²) in [6.45, 7) is 0.0841. The highest BCUT2D eigenvalue weighted by Gasteiger charge is 2.20. The first-order chi connectivity index (χ1) is 14.4. The molecule has 0 bridgehead atoms. The molecule has 0 aliphatic heterocycles. The van der Waals surface area contributed by atoms with Gasteiger partial charge in [0.2, 0.25) is 5.95 Å². The van der Waals surface area contributed by atoms with Gasteiger partial charge in [-0.1, -0.05) is 6.07 Å². The summed E-state index contributed by atoms with van der Waals surface area (Å²) >= 11 is 0. The van der Waals surface area contributed by atoms with Crippen molar-refractivity contribution in [1.82, 2.24) is 19.7 Å². The lowest BCUT2D eigenvalue weighted by atomic mass is 9.93. The fourth-order valence-corrected chi connectivity index (χ4v) is 3.96. The van der Waals surface area contributed by atoms with Gasteiger partial charge in [-0.15, -0.1) is 0 Å². The van der Waals surface area contributed by atoms with Gasteiger partial charge in [0.15, 0.2) is 15.7 Å². The van der Waals surface area contributed by atoms with Gasteiger partial charge in [0.1, 0.15) is 12.4 Å². The number of fused-ring (bicyclic) bond motifs is 1. The molecule has 0 radical (unpaired) electrons. The zero-order valence-electron chi connectivity index (χ0n) is 16.7. The van der Waals surface area contributed by atoms with Crippen LogP contribution in [0, 0.1) is 0 Å². The average molecular weight is 432 g/mol. The number of aromatic nitrogens is 4. The van der Waals surface area contributed by atoms with Crippen LogP contribution in [0.5, 0.6) is 5.75 Å². The number of aliphatic hydroxyl groups excluding tert-OH is 1. The van der Waals surface area contributed by atoms with E-state index in [9.17, 15) is 13.5 Å². The molecule has 4 rings (SSSR count). The van der Waals surface area contributed by atoms with Crippen molar-refractivity contribution in [2.24, 2.45) is 0 Å². The monoisotopic (exact) mass is 431 g/mol. The van der Waals surface area contributed by atoms with Gasteiger partial charge in [0.05, 0.1) is 29.0 Å². The van der Waals surface area contributed by atoms with E-state index < -0.39 is 9.84 Å². The first-order valence-corrected chi connectivity index (χ1v) is 12.0. The van der Waals surface area contributed by atoms with E-state index in [1.165, 1.54) is 6.26 Å². The van der Waals surface area contributed by atoms with Crippen molar-refractivity contribution in [3.63, 3.8) is 0 Å². The van der Waals surface area contributed by atoms with Gasteiger partial charge in [-0.05, 0) is 37.8 Å². The maximum atomic E-state index is 11.3. The summed E-state index contributed by atoms with van der Waals surface area (Å²) in [6, 6.07) is 7.56. The van der Waals surface area contributed by atoms with Crippen LogP contribution in [-0.2, 0) is 9.84 Å². The zero-order chi connectivity index (χ0) is 21.1. The van der Waals surface area contributed by atoms with Crippen LogP contribution in [-0.4, -0.2) is 64.0 Å². The lowest BCUT2D eigenvalue weighted by Gasteiger charge is -2.26. The number of sulfone groups is 1. The third-order valence-electron chi connectivity index (χ3n) is 5.17. The minimum atomic E-state index is -3.09. The van der Waals surface area contributed by atoms with E-state index in [1.54, 1.807) is 29.2 Å². The number of nitrogens with one attached hydrogen (secondary N) is 1. The van der Waals surface area contributed by atoms with Crippen molar-refractivity contribution >= 4 is 26.7 Å². The van der Waals surface area contributed by atoms with Crippen molar-refractivity contribution in [2.75, 3.05) is 23.9 Å². The Balaban J connectivity index is 1.54. The van der Waals surface area contributed by atoms with Crippen molar-refractivity contribution in [2.45, 2.75) is 37.8 Å². The number of nitrogens with zero attached hydrogens (tertiary/aromatic N) is 4. The predicted molar refractivity (Wildman–Crippen MR) is 114 cm³/mol. The van der Waals surface area contributed by atoms with Crippen LogP contribution in [0.4, 0.5) is 5.95 Å². The predicted octanol–water partition coefficient (Wildman–Crippen LogP) is 1.95. The quantitative estimate of drug-likeness (QED) is 0.583. The first-order valence-electron chi connectivity index (χ1n) is 9.94. The molecule has 1 aromatic carbocycles. The maximum Gasteiger partial charge on any atom is 0.224 e. The Kier molecular flexibility index (Phi) is 5.87. The first kappa shape index (κ1) is 20.5. The van der Waals surface area contributed by atoms with E-state index in [0.29, 0.717) is 17.5 Å². The van der Waals surface area contributed by atoms with Gasteiger partial charge in [0, 0.05) is 24.6 Å². The number of benzene rings is 1. The molecule has 1 aliphatic carbocycles. The third-order valence-corrected chi connectivity index (χ3v) is 6.08. The molecule has 2 aromatic heterocycles. The van der Waals surface area contributed by atoms with Gasteiger partial charge in [-0.25, -0.2) is 18.1 Å². The summed E-state index contributed by atoms with van der Waals surface area (Å²) in [7, 11) is -3.09. The molecule has 30 heavy (non-hydrogen) atoms. The molecule has 10 heteroatoms. The second-order valence-corrected chi connectivity index (χ2v) is 9.87. The second-order valence-electron chi connectivity index (χ2n) is 7.61. The Morgan fingerprint density at radius 1 is 1.23 bits per heavy atom. The largest absolute Gasteiger partial charge is 0.492 e. The lowest BCUT2D eigenvalue weighted by Crippen LogP contribution is -2.29. The number of hydrogen-bond acceptors (Lipinski definition) is 8. The summed E-state index contributed by atoms with van der Waals surface area (Å²) < 4.78 is 30.1. The molecule has 0 unspecified atom stereocenters. The molecule has 160 valence electrons. The van der Waals surface area contributed by atoms with Crippen LogP contribution < -0.4 is 10.1 Å². The summed E-state index contributed by atoms with van der Waals surface area (Å²) in [5, 5.41) is 18.2. The van der Waals surface area contributed by atoms with Crippen molar-refractivity contribution in [3.05, 3.63) is 36.7 Å². The minimum absolute atomic E-state index is 0.0450. The van der Waals surface area contributed by atoms with E-state index in [0.717, 1.165) is 36.6 Å². The number of aliphatic hydroxyl groups is 1. The summed E-state index contributed by atoms with van der Waals surface area (Å²) in [5.74, 6) is 1.68. The molecule has 0 saturated heterocycles. The van der Waals surface area contributed by atoms with Crippen molar-refractivity contribution < 1.29 is 18.3 Å². The van der Waals surface area contributed by atoms with E-state index in [1.807, 2.05) is 12.1 Å². The number of rotatable bonds is 7. The van der Waals surface area contributed by atoms with Gasteiger partial charge in [-0.3, -0.25) is 0 Å². The van der Waals surface area contributed by atoms with Gasteiger partial charge in [-0.2, -0.15) is 10.1 Å². The van der Waals surface area contributed by atoms with E-state index in [4.69, 9.17) is 4.74 Å². The van der Waals surface area contributed by atoms with E-state index in [-0.39, 0.29) is 24.5 Å². The van der Waals surface area contributed by atoms with Crippen LogP contribution >= 0.6 is 0 Å². The molecule has 2 N–H and O–H groups in total. The molecule has 1 fully saturated rings. The van der Waals surface area contributed by atoms with Gasteiger partial charge in [0.25, 0.3) is 0 Å². The van der Waals surface area contributed by atoms with Crippen LogP contribution in [0.1, 0.15) is 25.7 Å². The molecule has 0 atom stereocenters. The highest BCUT2D eigenvalue weighted by Crippen LogP contribution is 2.27. The fraction of sp³-hybridized carbons (Fsp3) is 0.450. The smallest absolute Gasteiger partial charge is 0.224 e. The highest BCUT2D eigenvalue weighted by atomic mass is 32.2. The Bertz CT molecular complexity index is 1120. The lowest BCUT2D eigenvalue weighted by molar-refractivity contribution is 0.126. The van der Waals surface area contributed by atoms with Crippen molar-refractivity contribution in [3.8, 4) is 11.6 Å². The fourth-order valence-electron chi connectivity index (χ4n) is 3.58. The van der Waals surface area contributed by atoms with Gasteiger partial charge >= 0.3 is 0 Å². The standard InChI is InChI=1S/C20H25N5O4S/c1-30(27,28)12-11-29-18-4-2-3-17-16(18)13-22-25(17)19-9-10-21-20(24-19)23-14-5-7-15(26)8-6-14/h2-4,9-10,13-15,26H,5-8,11-12H2,1H3,(H,21,23,24). The average Bonchev–Trinajstić information content (AvgIpc) is 3.14. The Morgan fingerprint density at radius 2 is 2.03 bits per heavy atom. The second kappa shape index (κ2) is 8.57. The minimum Gasteiger partial charge on any atom is -0.492 e.